The number of thiol groups is 1. The first kappa shape index (κ1) is 12.2. The first-order valence-corrected chi connectivity index (χ1v) is 6.69. The Labute approximate surface area is 115 Å². The van der Waals surface area contributed by atoms with Gasteiger partial charge in [-0.3, -0.25) is 4.79 Å². The van der Waals surface area contributed by atoms with Gasteiger partial charge in [-0.05, 0) is 31.9 Å². The molecule has 2 rings (SSSR count). The number of hydrogen-bond donors (Lipinski definition) is 2. The van der Waals surface area contributed by atoms with Gasteiger partial charge >= 0.3 is 0 Å². The predicted octanol–water partition coefficient (Wildman–Crippen LogP) is 2.22. The molecule has 1 atom stereocenters. The molecule has 7 heteroatoms. The van der Waals surface area contributed by atoms with E-state index in [1.165, 1.54) is 0 Å². The minimum absolute atomic E-state index is 0.0329. The lowest BCUT2D eigenvalue weighted by atomic mass is 10.3. The number of carbonyl (C=O) groups is 1. The predicted molar refractivity (Wildman–Crippen MR) is 73.8 cm³/mol. The van der Waals surface area contributed by atoms with Gasteiger partial charge in [0.05, 0.1) is 15.8 Å². The molecule has 4 nitrogen and oxygen atoms in total. The van der Waals surface area contributed by atoms with Crippen LogP contribution in [-0.4, -0.2) is 22.7 Å². The Morgan fingerprint density at radius 2 is 2.25 bits per heavy atom. The zero-order valence-electron chi connectivity index (χ0n) is 8.15. The van der Waals surface area contributed by atoms with Crippen LogP contribution in [0.5, 0.6) is 0 Å². The number of pyridine rings is 1. The largest absolute Gasteiger partial charge is 0.395 e. The summed E-state index contributed by atoms with van der Waals surface area (Å²) in [5.74, 6) is 0.0329. The molecule has 0 bridgehead atoms. The quantitative estimate of drug-likeness (QED) is 0.591. The highest BCUT2D eigenvalue weighted by atomic mass is 79.9. The maximum absolute atomic E-state index is 11.8. The average molecular weight is 367 g/mol. The number of nitrogen functional groups attached to an aromatic ring is 1. The van der Waals surface area contributed by atoms with Crippen molar-refractivity contribution in [3.63, 3.8) is 0 Å². The molecule has 1 unspecified atom stereocenters. The lowest BCUT2D eigenvalue weighted by molar-refractivity contribution is -0.117. The number of anilines is 2. The Kier molecular flexibility index (Phi) is 3.46. The molecular formula is C9H9Br2N3OS. The summed E-state index contributed by atoms with van der Waals surface area (Å²) >= 11 is 10.9. The lowest BCUT2D eigenvalue weighted by Gasteiger charge is -2.20. The average Bonchev–Trinajstić information content (AvgIpc) is 2.53. The van der Waals surface area contributed by atoms with Crippen molar-refractivity contribution in [1.82, 2.24) is 4.98 Å². The molecule has 1 saturated heterocycles. The van der Waals surface area contributed by atoms with Crippen molar-refractivity contribution in [2.75, 3.05) is 17.2 Å². The van der Waals surface area contributed by atoms with Crippen LogP contribution in [0.25, 0.3) is 0 Å². The summed E-state index contributed by atoms with van der Waals surface area (Å²) in [5, 5.41) is 0.0609. The van der Waals surface area contributed by atoms with Gasteiger partial charge in [0.15, 0.2) is 0 Å². The van der Waals surface area contributed by atoms with Gasteiger partial charge in [-0.1, -0.05) is 0 Å². The van der Waals surface area contributed by atoms with E-state index in [1.54, 1.807) is 11.1 Å². The van der Waals surface area contributed by atoms with Crippen LogP contribution in [0.4, 0.5) is 11.4 Å². The fourth-order valence-electron chi connectivity index (χ4n) is 1.65. The molecule has 0 spiro atoms. The third-order valence-corrected chi connectivity index (χ3v) is 3.93. The van der Waals surface area contributed by atoms with Gasteiger partial charge in [0.25, 0.3) is 0 Å². The first-order valence-electron chi connectivity index (χ1n) is 4.58. The number of nitrogens with two attached hydrogens (primary N) is 1. The molecule has 1 aliphatic heterocycles. The monoisotopic (exact) mass is 365 g/mol. The van der Waals surface area contributed by atoms with E-state index >= 15 is 0 Å². The summed E-state index contributed by atoms with van der Waals surface area (Å²) < 4.78 is 1.25. The second-order valence-electron chi connectivity index (χ2n) is 3.52. The van der Waals surface area contributed by atoms with E-state index in [0.29, 0.717) is 33.4 Å². The molecule has 0 saturated carbocycles. The standard InChI is InChI=1S/C9H9Br2N3OS/c10-5-2-13-9(11)7(12)8(5)14-3-4(16)1-6(14)15/h2,4,16H,1,3,12H2. The topological polar surface area (TPSA) is 59.2 Å². The first-order chi connectivity index (χ1) is 7.50. The number of amides is 1. The summed E-state index contributed by atoms with van der Waals surface area (Å²) in [6, 6.07) is 0. The van der Waals surface area contributed by atoms with Crippen LogP contribution in [-0.2, 0) is 4.79 Å². The number of halogens is 2. The van der Waals surface area contributed by atoms with Crippen molar-refractivity contribution in [1.29, 1.82) is 0 Å². The van der Waals surface area contributed by atoms with Gasteiger partial charge in [0.1, 0.15) is 4.60 Å². The Morgan fingerprint density at radius 1 is 1.56 bits per heavy atom. The number of aromatic nitrogens is 1. The summed E-state index contributed by atoms with van der Waals surface area (Å²) in [5.41, 5.74) is 7.05. The molecule has 1 amide bonds. The summed E-state index contributed by atoms with van der Waals surface area (Å²) in [4.78, 5) is 17.5. The molecule has 1 aromatic heterocycles. The van der Waals surface area contributed by atoms with E-state index in [-0.39, 0.29) is 11.2 Å². The van der Waals surface area contributed by atoms with E-state index in [9.17, 15) is 4.79 Å². The summed E-state index contributed by atoms with van der Waals surface area (Å²) in [6.45, 7) is 0.571. The van der Waals surface area contributed by atoms with Crippen LogP contribution in [0.2, 0.25) is 0 Å². The normalized spacial score (nSPS) is 20.6. The third-order valence-electron chi connectivity index (χ3n) is 2.37. The van der Waals surface area contributed by atoms with Crippen molar-refractivity contribution >= 4 is 61.8 Å². The molecule has 2 heterocycles. The van der Waals surface area contributed by atoms with E-state index < -0.39 is 0 Å². The molecule has 1 aromatic rings. The zero-order valence-corrected chi connectivity index (χ0v) is 12.2. The third kappa shape index (κ3) is 2.08. The Morgan fingerprint density at radius 3 is 2.81 bits per heavy atom. The molecule has 16 heavy (non-hydrogen) atoms. The minimum atomic E-state index is 0.0329. The van der Waals surface area contributed by atoms with Crippen LogP contribution >= 0.6 is 44.5 Å². The summed E-state index contributed by atoms with van der Waals surface area (Å²) in [7, 11) is 0. The van der Waals surface area contributed by atoms with Crippen molar-refractivity contribution in [3.05, 3.63) is 15.3 Å². The van der Waals surface area contributed by atoms with Gasteiger partial charge in [-0.2, -0.15) is 12.6 Å². The molecule has 1 fully saturated rings. The smallest absolute Gasteiger partial charge is 0.228 e. The van der Waals surface area contributed by atoms with Crippen molar-refractivity contribution < 1.29 is 4.79 Å². The molecule has 2 N–H and O–H groups in total. The SMILES string of the molecule is Nc1c(Br)ncc(Br)c1N1CC(S)CC1=O. The Bertz CT molecular complexity index is 455. The number of hydrogen-bond acceptors (Lipinski definition) is 4. The van der Waals surface area contributed by atoms with E-state index in [4.69, 9.17) is 5.73 Å². The minimum Gasteiger partial charge on any atom is -0.395 e. The highest BCUT2D eigenvalue weighted by Gasteiger charge is 2.31. The number of rotatable bonds is 1. The van der Waals surface area contributed by atoms with Gasteiger partial charge in [-0.15, -0.1) is 0 Å². The van der Waals surface area contributed by atoms with E-state index in [2.05, 4.69) is 49.5 Å². The zero-order chi connectivity index (χ0) is 11.9. The van der Waals surface area contributed by atoms with Gasteiger partial charge < -0.3 is 10.6 Å². The lowest BCUT2D eigenvalue weighted by Crippen LogP contribution is -2.26. The van der Waals surface area contributed by atoms with Crippen LogP contribution in [0.15, 0.2) is 15.3 Å². The van der Waals surface area contributed by atoms with Gasteiger partial charge in [-0.25, -0.2) is 4.98 Å². The number of carbonyl (C=O) groups excluding carboxylic acids is 1. The second kappa shape index (κ2) is 4.54. The van der Waals surface area contributed by atoms with Crippen LogP contribution in [0.1, 0.15) is 6.42 Å². The molecule has 86 valence electrons. The number of nitrogens with zero attached hydrogens (tertiary/aromatic N) is 2. The fourth-order valence-corrected chi connectivity index (χ4v) is 2.79. The molecule has 0 aromatic carbocycles. The van der Waals surface area contributed by atoms with Gasteiger partial charge in [0, 0.05) is 24.4 Å². The highest BCUT2D eigenvalue weighted by Crippen LogP contribution is 2.38. The second-order valence-corrected chi connectivity index (χ2v) is 5.86. The van der Waals surface area contributed by atoms with Crippen LogP contribution < -0.4 is 10.6 Å². The highest BCUT2D eigenvalue weighted by molar-refractivity contribution is 9.11. The Hall–Kier alpha value is -0.270. The Balaban J connectivity index is 2.48. The van der Waals surface area contributed by atoms with Crippen LogP contribution in [0, 0.1) is 0 Å². The maximum Gasteiger partial charge on any atom is 0.228 e. The summed E-state index contributed by atoms with van der Waals surface area (Å²) in [6.07, 6.45) is 2.06. The van der Waals surface area contributed by atoms with Gasteiger partial charge in [0.2, 0.25) is 5.91 Å². The van der Waals surface area contributed by atoms with Crippen molar-refractivity contribution in [2.45, 2.75) is 11.7 Å². The maximum atomic E-state index is 11.8. The van der Waals surface area contributed by atoms with Crippen LogP contribution in [0.3, 0.4) is 0 Å². The molecular weight excluding hydrogens is 358 g/mol. The van der Waals surface area contributed by atoms with Crippen molar-refractivity contribution in [3.8, 4) is 0 Å². The van der Waals surface area contributed by atoms with E-state index in [0.717, 1.165) is 0 Å². The van der Waals surface area contributed by atoms with E-state index in [1.807, 2.05) is 0 Å². The fraction of sp³-hybridized carbons (Fsp3) is 0.333. The van der Waals surface area contributed by atoms with Crippen molar-refractivity contribution in [2.24, 2.45) is 0 Å². The molecule has 0 radical (unpaired) electrons. The molecule has 0 aliphatic carbocycles. The molecule has 1 aliphatic rings.